The van der Waals surface area contributed by atoms with Gasteiger partial charge in [0.1, 0.15) is 0 Å². The molecule has 0 aliphatic rings. The summed E-state index contributed by atoms with van der Waals surface area (Å²) in [5, 5.41) is 5.61. The van der Waals surface area contributed by atoms with Gasteiger partial charge in [0, 0.05) is 25.9 Å². The zero-order valence-corrected chi connectivity index (χ0v) is 13.3. The Labute approximate surface area is 128 Å². The molecule has 0 radical (unpaired) electrons. The van der Waals surface area contributed by atoms with Crippen LogP contribution in [0.3, 0.4) is 0 Å². The molecular weight excluding hydrogens is 340 g/mol. The first-order chi connectivity index (χ1) is 9.28. The maximum absolute atomic E-state index is 5.76. The molecule has 0 aliphatic heterocycles. The van der Waals surface area contributed by atoms with E-state index in [9.17, 15) is 0 Å². The van der Waals surface area contributed by atoms with E-state index < -0.39 is 0 Å². The summed E-state index contributed by atoms with van der Waals surface area (Å²) in [5.74, 6) is 5.76. The van der Waals surface area contributed by atoms with Crippen LogP contribution in [0.5, 0.6) is 0 Å². The van der Waals surface area contributed by atoms with Crippen molar-refractivity contribution in [3.05, 3.63) is 56.0 Å². The van der Waals surface area contributed by atoms with E-state index in [1.807, 2.05) is 0 Å². The minimum absolute atomic E-state index is 0.154. The lowest BCUT2D eigenvalue weighted by Gasteiger charge is -2.14. The summed E-state index contributed by atoms with van der Waals surface area (Å²) in [7, 11) is 0. The highest BCUT2D eigenvalue weighted by atomic mass is 79.9. The fraction of sp³-hybridized carbons (Fsp3) is 0.143. The molecule has 3 N–H and O–H groups in total. The van der Waals surface area contributed by atoms with Crippen LogP contribution in [0.25, 0.3) is 10.1 Å². The van der Waals surface area contributed by atoms with Crippen molar-refractivity contribution in [2.45, 2.75) is 12.5 Å². The molecule has 0 aliphatic carbocycles. The van der Waals surface area contributed by atoms with Crippen molar-refractivity contribution in [1.29, 1.82) is 0 Å². The molecule has 0 amide bonds. The molecule has 98 valence electrons. The Morgan fingerprint density at radius 1 is 1.21 bits per heavy atom. The van der Waals surface area contributed by atoms with E-state index >= 15 is 0 Å². The zero-order chi connectivity index (χ0) is 13.2. The van der Waals surface area contributed by atoms with Crippen LogP contribution in [0.15, 0.2) is 45.6 Å². The predicted molar refractivity (Wildman–Crippen MR) is 87.6 cm³/mol. The van der Waals surface area contributed by atoms with Crippen LogP contribution in [0.2, 0.25) is 0 Å². The number of nitrogens with two attached hydrogens (primary N) is 1. The first-order valence-electron chi connectivity index (χ1n) is 5.93. The van der Waals surface area contributed by atoms with E-state index in [0.29, 0.717) is 0 Å². The van der Waals surface area contributed by atoms with E-state index in [1.54, 1.807) is 22.7 Å². The number of thiophene rings is 2. The van der Waals surface area contributed by atoms with Crippen molar-refractivity contribution in [2.24, 2.45) is 5.84 Å². The number of rotatable bonds is 4. The SMILES string of the molecule is NNC(Cc1cc(Br)cs1)c1csc2ccccc12. The van der Waals surface area contributed by atoms with E-state index in [4.69, 9.17) is 5.84 Å². The van der Waals surface area contributed by atoms with Crippen LogP contribution < -0.4 is 11.3 Å². The molecule has 2 aromatic heterocycles. The second-order valence-corrected chi connectivity index (χ2v) is 7.16. The smallest absolute Gasteiger partial charge is 0.0522 e. The highest BCUT2D eigenvalue weighted by molar-refractivity contribution is 9.10. The summed E-state index contributed by atoms with van der Waals surface area (Å²) in [6.45, 7) is 0. The van der Waals surface area contributed by atoms with Gasteiger partial charge in [-0.2, -0.15) is 0 Å². The van der Waals surface area contributed by atoms with Gasteiger partial charge >= 0.3 is 0 Å². The monoisotopic (exact) mass is 352 g/mol. The molecule has 2 heterocycles. The van der Waals surface area contributed by atoms with Gasteiger partial charge in [-0.15, -0.1) is 22.7 Å². The summed E-state index contributed by atoms with van der Waals surface area (Å²) in [5.41, 5.74) is 4.24. The lowest BCUT2D eigenvalue weighted by Crippen LogP contribution is -2.29. The normalized spacial score (nSPS) is 12.9. The van der Waals surface area contributed by atoms with Crippen LogP contribution in [-0.4, -0.2) is 0 Å². The van der Waals surface area contributed by atoms with Crippen molar-refractivity contribution in [2.75, 3.05) is 0 Å². The third kappa shape index (κ3) is 2.75. The van der Waals surface area contributed by atoms with Gasteiger partial charge in [0.05, 0.1) is 6.04 Å². The molecule has 5 heteroatoms. The quantitative estimate of drug-likeness (QED) is 0.536. The van der Waals surface area contributed by atoms with E-state index in [0.717, 1.165) is 10.9 Å². The number of hydrazine groups is 1. The van der Waals surface area contributed by atoms with E-state index in [-0.39, 0.29) is 6.04 Å². The largest absolute Gasteiger partial charge is 0.271 e. The lowest BCUT2D eigenvalue weighted by atomic mass is 10.0. The van der Waals surface area contributed by atoms with Crippen LogP contribution in [0.4, 0.5) is 0 Å². The summed E-state index contributed by atoms with van der Waals surface area (Å²) in [6.07, 6.45) is 0.910. The first-order valence-corrected chi connectivity index (χ1v) is 8.48. The third-order valence-electron chi connectivity index (χ3n) is 3.11. The minimum Gasteiger partial charge on any atom is -0.271 e. The van der Waals surface area contributed by atoms with E-state index in [1.165, 1.54) is 20.5 Å². The molecule has 1 aromatic carbocycles. The number of benzene rings is 1. The van der Waals surface area contributed by atoms with Crippen LogP contribution >= 0.6 is 38.6 Å². The average Bonchev–Trinajstić information content (AvgIpc) is 3.02. The van der Waals surface area contributed by atoms with Crippen LogP contribution in [-0.2, 0) is 6.42 Å². The zero-order valence-electron chi connectivity index (χ0n) is 10.1. The molecule has 1 unspecified atom stereocenters. The van der Waals surface area contributed by atoms with Gasteiger partial charge < -0.3 is 0 Å². The summed E-state index contributed by atoms with van der Waals surface area (Å²) < 4.78 is 2.45. The molecule has 3 rings (SSSR count). The molecule has 1 atom stereocenters. The number of hydrogen-bond donors (Lipinski definition) is 2. The standard InChI is InChI=1S/C14H13BrN2S2/c15-9-5-10(18-7-9)6-13(17-16)12-8-19-14-4-2-1-3-11(12)14/h1-5,7-8,13,17H,6,16H2. The van der Waals surface area contributed by atoms with Crippen LogP contribution in [0, 0.1) is 0 Å². The fourth-order valence-corrected chi connectivity index (χ4v) is 4.70. The van der Waals surface area contributed by atoms with Gasteiger partial charge in [0.15, 0.2) is 0 Å². The van der Waals surface area contributed by atoms with Gasteiger partial charge in [0.2, 0.25) is 0 Å². The Balaban J connectivity index is 1.93. The molecule has 0 saturated heterocycles. The molecular formula is C14H13BrN2S2. The Kier molecular flexibility index (Phi) is 4.00. The second kappa shape index (κ2) is 5.73. The van der Waals surface area contributed by atoms with Gasteiger partial charge in [-0.25, -0.2) is 0 Å². The lowest BCUT2D eigenvalue weighted by molar-refractivity contribution is 0.560. The highest BCUT2D eigenvalue weighted by Crippen LogP contribution is 2.32. The van der Waals surface area contributed by atoms with Gasteiger partial charge in [-0.1, -0.05) is 18.2 Å². The summed E-state index contributed by atoms with van der Waals surface area (Å²) >= 11 is 7.02. The van der Waals surface area contributed by atoms with E-state index in [2.05, 4.69) is 62.4 Å². The molecule has 0 bridgehead atoms. The first kappa shape index (κ1) is 13.3. The van der Waals surface area contributed by atoms with Gasteiger partial charge in [0.25, 0.3) is 0 Å². The average molecular weight is 353 g/mol. The maximum atomic E-state index is 5.76. The van der Waals surface area contributed by atoms with Gasteiger partial charge in [-0.05, 0) is 44.4 Å². The Morgan fingerprint density at radius 3 is 2.79 bits per heavy atom. The molecule has 2 nitrogen and oxygen atoms in total. The molecule has 3 aromatic rings. The maximum Gasteiger partial charge on any atom is 0.0522 e. The van der Waals surface area contributed by atoms with Crippen molar-refractivity contribution in [1.82, 2.24) is 5.43 Å². The summed E-state index contributed by atoms with van der Waals surface area (Å²) in [6, 6.07) is 10.8. The minimum atomic E-state index is 0.154. The topological polar surface area (TPSA) is 38.0 Å². The Morgan fingerprint density at radius 2 is 2.05 bits per heavy atom. The fourth-order valence-electron chi connectivity index (χ4n) is 2.19. The highest BCUT2D eigenvalue weighted by Gasteiger charge is 2.15. The van der Waals surface area contributed by atoms with Crippen molar-refractivity contribution in [3.63, 3.8) is 0 Å². The number of fused-ring (bicyclic) bond motifs is 1. The number of nitrogens with one attached hydrogen (secondary N) is 1. The molecule has 0 spiro atoms. The second-order valence-electron chi connectivity index (χ2n) is 4.34. The third-order valence-corrected chi connectivity index (χ3v) is 5.82. The Bertz CT molecular complexity index is 689. The van der Waals surface area contributed by atoms with Crippen molar-refractivity contribution >= 4 is 48.7 Å². The van der Waals surface area contributed by atoms with Crippen molar-refractivity contribution < 1.29 is 0 Å². The molecule has 19 heavy (non-hydrogen) atoms. The van der Waals surface area contributed by atoms with Crippen molar-refractivity contribution in [3.8, 4) is 0 Å². The Hall–Kier alpha value is -0.720. The summed E-state index contributed by atoms with van der Waals surface area (Å²) in [4.78, 5) is 1.32. The molecule has 0 fully saturated rings. The molecule has 0 saturated carbocycles. The van der Waals surface area contributed by atoms with Gasteiger partial charge in [-0.3, -0.25) is 11.3 Å². The predicted octanol–water partition coefficient (Wildman–Crippen LogP) is 4.47. The number of halogens is 1. The number of hydrogen-bond acceptors (Lipinski definition) is 4. The van der Waals surface area contributed by atoms with Crippen LogP contribution in [0.1, 0.15) is 16.5 Å².